The molecule has 0 saturated heterocycles. The predicted octanol–water partition coefficient (Wildman–Crippen LogP) is 2.24. The van der Waals surface area contributed by atoms with Crippen molar-refractivity contribution in [2.45, 2.75) is 6.92 Å². The van der Waals surface area contributed by atoms with Crippen LogP contribution in [0.3, 0.4) is 0 Å². The van der Waals surface area contributed by atoms with Crippen molar-refractivity contribution in [3.05, 3.63) is 36.4 Å². The first kappa shape index (κ1) is 12.6. The maximum atomic E-state index is 5.56. The van der Waals surface area contributed by atoms with E-state index in [1.165, 1.54) is 0 Å². The molecule has 0 aliphatic rings. The number of rotatable bonds is 7. The van der Waals surface area contributed by atoms with Crippen LogP contribution in [0.1, 0.15) is 6.92 Å². The Morgan fingerprint density at radius 1 is 1.19 bits per heavy atom. The van der Waals surface area contributed by atoms with Crippen LogP contribution in [0.5, 0.6) is 11.5 Å². The molecular weight excluding hydrogens is 202 g/mol. The topological polar surface area (TPSA) is 30.5 Å². The molecule has 1 N–H and O–H groups in total. The highest BCUT2D eigenvalue weighted by Gasteiger charge is 1.97. The van der Waals surface area contributed by atoms with Gasteiger partial charge < -0.3 is 14.8 Å². The normalized spacial score (nSPS) is 9.88. The highest BCUT2D eigenvalue weighted by Crippen LogP contribution is 2.17. The molecule has 0 radical (unpaired) electrons. The van der Waals surface area contributed by atoms with Crippen LogP contribution in [-0.2, 0) is 0 Å². The summed E-state index contributed by atoms with van der Waals surface area (Å²) in [6.45, 7) is 7.85. The number of hydrogen-bond donors (Lipinski definition) is 1. The number of nitrogens with one attached hydrogen (secondary N) is 1. The Morgan fingerprint density at radius 3 is 2.25 bits per heavy atom. The fraction of sp³-hybridized carbons (Fsp3) is 0.385. The Balaban J connectivity index is 2.40. The minimum Gasteiger partial charge on any atom is -0.494 e. The second kappa shape index (κ2) is 6.90. The van der Waals surface area contributed by atoms with Crippen molar-refractivity contribution >= 4 is 0 Å². The molecule has 0 amide bonds. The first-order valence-electron chi connectivity index (χ1n) is 5.43. The average molecular weight is 221 g/mol. The van der Waals surface area contributed by atoms with E-state index in [0.717, 1.165) is 23.6 Å². The quantitative estimate of drug-likeness (QED) is 0.716. The minimum atomic E-state index is 0.537. The van der Waals surface area contributed by atoms with Crippen molar-refractivity contribution in [2.75, 3.05) is 26.8 Å². The molecule has 1 aromatic rings. The fourth-order valence-corrected chi connectivity index (χ4v) is 1.29. The second-order valence-electron chi connectivity index (χ2n) is 3.47. The molecule has 0 fully saturated rings. The lowest BCUT2D eigenvalue weighted by Gasteiger charge is -2.09. The van der Waals surface area contributed by atoms with Crippen LogP contribution < -0.4 is 14.8 Å². The van der Waals surface area contributed by atoms with Crippen molar-refractivity contribution in [1.82, 2.24) is 5.32 Å². The van der Waals surface area contributed by atoms with Crippen molar-refractivity contribution in [3.8, 4) is 11.5 Å². The van der Waals surface area contributed by atoms with Gasteiger partial charge >= 0.3 is 0 Å². The van der Waals surface area contributed by atoms with Gasteiger partial charge in [-0.2, -0.15) is 0 Å². The third kappa shape index (κ3) is 4.36. The van der Waals surface area contributed by atoms with Gasteiger partial charge in [0.15, 0.2) is 0 Å². The van der Waals surface area contributed by atoms with E-state index in [0.29, 0.717) is 13.2 Å². The average Bonchev–Trinajstić information content (AvgIpc) is 2.29. The molecule has 16 heavy (non-hydrogen) atoms. The molecular formula is C13H19NO2. The van der Waals surface area contributed by atoms with Gasteiger partial charge in [-0.05, 0) is 43.8 Å². The minimum absolute atomic E-state index is 0.537. The lowest BCUT2D eigenvalue weighted by Crippen LogP contribution is -2.14. The van der Waals surface area contributed by atoms with Gasteiger partial charge in [0.1, 0.15) is 18.1 Å². The smallest absolute Gasteiger partial charge is 0.120 e. The third-order valence-corrected chi connectivity index (χ3v) is 2.00. The summed E-state index contributed by atoms with van der Waals surface area (Å²) < 4.78 is 10.9. The highest BCUT2D eigenvalue weighted by atomic mass is 16.5. The Morgan fingerprint density at radius 2 is 1.75 bits per heavy atom. The van der Waals surface area contributed by atoms with E-state index in [9.17, 15) is 0 Å². The van der Waals surface area contributed by atoms with E-state index in [1.807, 2.05) is 38.2 Å². The Bertz CT molecular complexity index is 319. The maximum absolute atomic E-state index is 5.56. The van der Waals surface area contributed by atoms with Crippen LogP contribution in [0.25, 0.3) is 0 Å². The summed E-state index contributed by atoms with van der Waals surface area (Å²) >= 11 is 0. The zero-order chi connectivity index (χ0) is 11.8. The number of hydrogen-bond acceptors (Lipinski definition) is 3. The van der Waals surface area contributed by atoms with Crippen LogP contribution in [0, 0.1) is 0 Å². The lowest BCUT2D eigenvalue weighted by atomic mass is 10.3. The fourth-order valence-electron chi connectivity index (χ4n) is 1.29. The van der Waals surface area contributed by atoms with E-state index in [2.05, 4.69) is 11.9 Å². The van der Waals surface area contributed by atoms with Gasteiger partial charge in [0.2, 0.25) is 0 Å². The van der Waals surface area contributed by atoms with Gasteiger partial charge in [0.25, 0.3) is 0 Å². The molecule has 88 valence electrons. The molecule has 1 aromatic carbocycles. The Labute approximate surface area is 97.1 Å². The number of likely N-dealkylation sites (N-methyl/N-ethyl adjacent to an activating group) is 1. The summed E-state index contributed by atoms with van der Waals surface area (Å²) in [7, 11) is 1.89. The van der Waals surface area contributed by atoms with E-state index in [4.69, 9.17) is 9.47 Å². The lowest BCUT2D eigenvalue weighted by molar-refractivity contribution is 0.334. The van der Waals surface area contributed by atoms with E-state index < -0.39 is 0 Å². The maximum Gasteiger partial charge on any atom is 0.120 e. The molecule has 0 heterocycles. The van der Waals surface area contributed by atoms with Gasteiger partial charge in [-0.1, -0.05) is 6.58 Å². The first-order chi connectivity index (χ1) is 7.76. The molecule has 0 unspecified atom stereocenters. The van der Waals surface area contributed by atoms with E-state index in [-0.39, 0.29) is 0 Å². The molecule has 0 aliphatic carbocycles. The third-order valence-electron chi connectivity index (χ3n) is 2.00. The molecule has 0 aromatic heterocycles. The summed E-state index contributed by atoms with van der Waals surface area (Å²) in [5.41, 5.74) is 1.02. The van der Waals surface area contributed by atoms with Crippen molar-refractivity contribution in [1.29, 1.82) is 0 Å². The zero-order valence-electron chi connectivity index (χ0n) is 9.95. The van der Waals surface area contributed by atoms with Gasteiger partial charge in [0, 0.05) is 6.54 Å². The SMILES string of the molecule is C=C(CNC)COc1ccc(OCC)cc1. The van der Waals surface area contributed by atoms with Crippen LogP contribution in [0.15, 0.2) is 36.4 Å². The molecule has 0 spiro atoms. The van der Waals surface area contributed by atoms with Crippen LogP contribution in [0.2, 0.25) is 0 Å². The summed E-state index contributed by atoms with van der Waals surface area (Å²) in [6.07, 6.45) is 0. The zero-order valence-corrected chi connectivity index (χ0v) is 9.95. The highest BCUT2D eigenvalue weighted by molar-refractivity contribution is 5.31. The summed E-state index contributed by atoms with van der Waals surface area (Å²) in [4.78, 5) is 0. The molecule has 0 aliphatic heterocycles. The monoisotopic (exact) mass is 221 g/mol. The molecule has 0 saturated carbocycles. The summed E-state index contributed by atoms with van der Waals surface area (Å²) in [6, 6.07) is 7.61. The largest absolute Gasteiger partial charge is 0.494 e. The molecule has 0 atom stereocenters. The van der Waals surface area contributed by atoms with Gasteiger partial charge in [-0.3, -0.25) is 0 Å². The molecule has 3 nitrogen and oxygen atoms in total. The molecule has 1 rings (SSSR count). The predicted molar refractivity (Wildman–Crippen MR) is 66.2 cm³/mol. The van der Waals surface area contributed by atoms with Crippen molar-refractivity contribution < 1.29 is 9.47 Å². The number of benzene rings is 1. The van der Waals surface area contributed by atoms with E-state index >= 15 is 0 Å². The summed E-state index contributed by atoms with van der Waals surface area (Å²) in [5, 5.41) is 3.03. The van der Waals surface area contributed by atoms with Gasteiger partial charge in [0.05, 0.1) is 6.61 Å². The van der Waals surface area contributed by atoms with Crippen LogP contribution >= 0.6 is 0 Å². The molecule has 0 bridgehead atoms. The Hall–Kier alpha value is -1.48. The van der Waals surface area contributed by atoms with Crippen molar-refractivity contribution in [3.63, 3.8) is 0 Å². The second-order valence-corrected chi connectivity index (χ2v) is 3.47. The first-order valence-corrected chi connectivity index (χ1v) is 5.43. The van der Waals surface area contributed by atoms with Crippen molar-refractivity contribution in [2.24, 2.45) is 0 Å². The van der Waals surface area contributed by atoms with Gasteiger partial charge in [-0.15, -0.1) is 0 Å². The Kier molecular flexibility index (Phi) is 5.43. The standard InChI is InChI=1S/C13H19NO2/c1-4-15-12-5-7-13(8-6-12)16-10-11(2)9-14-3/h5-8,14H,2,4,9-10H2,1,3H3. The van der Waals surface area contributed by atoms with Crippen LogP contribution in [-0.4, -0.2) is 26.8 Å². The van der Waals surface area contributed by atoms with Gasteiger partial charge in [-0.25, -0.2) is 0 Å². The molecule has 3 heteroatoms. The summed E-state index contributed by atoms with van der Waals surface area (Å²) in [5.74, 6) is 1.70. The number of ether oxygens (including phenoxy) is 2. The van der Waals surface area contributed by atoms with Crippen LogP contribution in [0.4, 0.5) is 0 Å². The van der Waals surface area contributed by atoms with E-state index in [1.54, 1.807) is 0 Å².